The van der Waals surface area contributed by atoms with Gasteiger partial charge in [0.1, 0.15) is 18.3 Å². The Morgan fingerprint density at radius 2 is 1.20 bits per heavy atom. The SMILES string of the molecule is C=C(C)C(=O)O.C=C(C)C(=O)OC(C)(C)C.C=C(C)C(=O)OC1CCCCC1.C=C(C)C(=O)OCc1ccccc1. The molecule has 0 aliphatic heterocycles. The van der Waals surface area contributed by atoms with Gasteiger partial charge in [-0.05, 0) is 79.7 Å². The number of rotatable bonds is 7. The summed E-state index contributed by atoms with van der Waals surface area (Å²) in [6.45, 7) is 25.8. The lowest BCUT2D eigenvalue weighted by Gasteiger charge is -2.21. The summed E-state index contributed by atoms with van der Waals surface area (Å²) < 4.78 is 15.1. The van der Waals surface area contributed by atoms with Crippen LogP contribution in [0.25, 0.3) is 0 Å². The van der Waals surface area contributed by atoms with E-state index in [-0.39, 0.29) is 29.6 Å². The van der Waals surface area contributed by atoms with Crippen LogP contribution in [0.15, 0.2) is 78.9 Å². The van der Waals surface area contributed by atoms with E-state index in [1.165, 1.54) is 26.2 Å². The van der Waals surface area contributed by atoms with E-state index >= 15 is 0 Å². The van der Waals surface area contributed by atoms with Crippen molar-refractivity contribution in [1.29, 1.82) is 0 Å². The average Bonchev–Trinajstić information content (AvgIpc) is 2.88. The number of aliphatic carboxylic acids is 1. The lowest BCUT2D eigenvalue weighted by atomic mass is 9.98. The Labute approximate surface area is 245 Å². The molecule has 2 rings (SSSR count). The van der Waals surface area contributed by atoms with Crippen molar-refractivity contribution in [3.05, 3.63) is 84.5 Å². The third-order valence-electron chi connectivity index (χ3n) is 4.85. The van der Waals surface area contributed by atoms with Crippen LogP contribution >= 0.6 is 0 Å². The van der Waals surface area contributed by atoms with E-state index in [9.17, 15) is 19.2 Å². The summed E-state index contributed by atoms with van der Waals surface area (Å²) in [5, 5.41) is 7.89. The molecular weight excluding hydrogens is 524 g/mol. The fraction of sp³-hybridized carbons (Fsp3) is 0.455. The third-order valence-corrected chi connectivity index (χ3v) is 4.85. The molecule has 1 aromatic carbocycles. The van der Waals surface area contributed by atoms with Gasteiger partial charge in [-0.2, -0.15) is 0 Å². The molecule has 0 bridgehead atoms. The van der Waals surface area contributed by atoms with Crippen LogP contribution in [0.3, 0.4) is 0 Å². The summed E-state index contributed by atoms with van der Waals surface area (Å²) in [7, 11) is 0. The monoisotopic (exact) mass is 572 g/mol. The number of hydrogen-bond acceptors (Lipinski definition) is 7. The van der Waals surface area contributed by atoms with Gasteiger partial charge in [0.05, 0.1) is 0 Å². The molecule has 1 aromatic rings. The van der Waals surface area contributed by atoms with Crippen molar-refractivity contribution in [1.82, 2.24) is 0 Å². The number of carboxylic acids is 1. The summed E-state index contributed by atoms with van der Waals surface area (Å²) in [6, 6.07) is 9.55. The topological polar surface area (TPSA) is 116 Å². The van der Waals surface area contributed by atoms with Crippen molar-refractivity contribution in [2.24, 2.45) is 0 Å². The molecule has 0 amide bonds. The Kier molecular flexibility index (Phi) is 20.0. The Morgan fingerprint density at radius 1 is 0.756 bits per heavy atom. The Bertz CT molecular complexity index is 1030. The molecule has 0 unspecified atom stereocenters. The van der Waals surface area contributed by atoms with E-state index in [1.54, 1.807) is 20.8 Å². The highest BCUT2D eigenvalue weighted by atomic mass is 16.6. The maximum Gasteiger partial charge on any atom is 0.333 e. The van der Waals surface area contributed by atoms with Crippen molar-refractivity contribution in [2.45, 2.75) is 98.9 Å². The number of carbonyl (C=O) groups excluding carboxylic acids is 3. The predicted molar refractivity (Wildman–Crippen MR) is 162 cm³/mol. The number of hydrogen-bond donors (Lipinski definition) is 1. The van der Waals surface area contributed by atoms with Gasteiger partial charge in [-0.25, -0.2) is 19.2 Å². The second-order valence-electron chi connectivity index (χ2n) is 10.7. The standard InChI is InChI=1S/C11H12O2.C10H16O2.C8H14O2.C4H6O2/c1-9(2)11(12)13-8-10-6-4-3-5-7-10;1-8(2)10(11)12-9-6-4-3-5-7-9;1-6(2)7(9)10-8(3,4)5;1-3(2)4(5)6/h3-7H,1,8H2,2H3;9H,1,3-7H2,2H3;1H2,2-5H3;1H2,2H3,(H,5,6). The van der Waals surface area contributed by atoms with E-state index < -0.39 is 11.6 Å². The van der Waals surface area contributed by atoms with Crippen LogP contribution in [0, 0.1) is 0 Å². The third kappa shape index (κ3) is 23.6. The second kappa shape index (κ2) is 20.9. The highest BCUT2D eigenvalue weighted by Crippen LogP contribution is 2.20. The molecule has 0 saturated heterocycles. The predicted octanol–water partition coefficient (Wildman–Crippen LogP) is 7.30. The highest BCUT2D eigenvalue weighted by Gasteiger charge is 2.17. The first kappa shape index (κ1) is 39.2. The van der Waals surface area contributed by atoms with E-state index in [4.69, 9.17) is 19.3 Å². The summed E-state index contributed by atoms with van der Waals surface area (Å²) in [6.07, 6.45) is 5.87. The smallest absolute Gasteiger partial charge is 0.333 e. The fourth-order valence-electron chi connectivity index (χ4n) is 2.65. The lowest BCUT2D eigenvalue weighted by molar-refractivity contribution is -0.150. The molecule has 8 nitrogen and oxygen atoms in total. The molecule has 1 fully saturated rings. The van der Waals surface area contributed by atoms with Gasteiger partial charge in [0.25, 0.3) is 0 Å². The highest BCUT2D eigenvalue weighted by molar-refractivity contribution is 5.88. The second-order valence-corrected chi connectivity index (χ2v) is 10.7. The minimum Gasteiger partial charge on any atom is -0.478 e. The molecule has 8 heteroatoms. The van der Waals surface area contributed by atoms with Crippen molar-refractivity contribution >= 4 is 23.9 Å². The zero-order valence-electron chi connectivity index (χ0n) is 25.8. The van der Waals surface area contributed by atoms with Gasteiger partial charge < -0.3 is 19.3 Å². The molecule has 0 radical (unpaired) electrons. The summed E-state index contributed by atoms with van der Waals surface area (Å²) in [5.41, 5.74) is 2.12. The zero-order chi connectivity index (χ0) is 32.2. The minimum atomic E-state index is -0.935. The van der Waals surface area contributed by atoms with Crippen molar-refractivity contribution < 1.29 is 38.5 Å². The van der Waals surface area contributed by atoms with Crippen LogP contribution in [0.1, 0.15) is 86.1 Å². The van der Waals surface area contributed by atoms with Crippen LogP contribution in [-0.4, -0.2) is 40.7 Å². The number of ether oxygens (including phenoxy) is 3. The van der Waals surface area contributed by atoms with Gasteiger partial charge in [-0.3, -0.25) is 0 Å². The molecular formula is C33H48O8. The first-order valence-corrected chi connectivity index (χ1v) is 13.4. The first-order valence-electron chi connectivity index (χ1n) is 13.4. The number of benzene rings is 1. The molecule has 0 aromatic heterocycles. The number of esters is 3. The van der Waals surface area contributed by atoms with Gasteiger partial charge in [-0.15, -0.1) is 0 Å². The number of carbonyl (C=O) groups is 4. The molecule has 1 saturated carbocycles. The molecule has 0 atom stereocenters. The van der Waals surface area contributed by atoms with Crippen LogP contribution in [-0.2, 0) is 40.0 Å². The van der Waals surface area contributed by atoms with Crippen molar-refractivity contribution in [3.63, 3.8) is 0 Å². The Balaban J connectivity index is 0. The number of carboxylic acid groups (broad SMARTS) is 1. The zero-order valence-corrected chi connectivity index (χ0v) is 25.8. The summed E-state index contributed by atoms with van der Waals surface area (Å²) in [4.78, 5) is 42.5. The van der Waals surface area contributed by atoms with Crippen molar-refractivity contribution in [2.75, 3.05) is 0 Å². The molecule has 228 valence electrons. The summed E-state index contributed by atoms with van der Waals surface area (Å²) in [5.74, 6) is -1.84. The van der Waals surface area contributed by atoms with Gasteiger partial charge in [0.15, 0.2) is 0 Å². The normalized spacial score (nSPS) is 12.2. The fourth-order valence-corrected chi connectivity index (χ4v) is 2.65. The summed E-state index contributed by atoms with van der Waals surface area (Å²) >= 11 is 0. The van der Waals surface area contributed by atoms with Gasteiger partial charge in [-0.1, -0.05) is 63.1 Å². The van der Waals surface area contributed by atoms with Crippen LogP contribution < -0.4 is 0 Å². The minimum absolute atomic E-state index is 0.156. The van der Waals surface area contributed by atoms with E-state index in [2.05, 4.69) is 26.3 Å². The quantitative estimate of drug-likeness (QED) is 0.206. The Morgan fingerprint density at radius 3 is 1.54 bits per heavy atom. The molecule has 41 heavy (non-hydrogen) atoms. The largest absolute Gasteiger partial charge is 0.478 e. The van der Waals surface area contributed by atoms with Crippen molar-refractivity contribution in [3.8, 4) is 0 Å². The van der Waals surface area contributed by atoms with E-state index in [0.717, 1.165) is 18.4 Å². The van der Waals surface area contributed by atoms with E-state index in [0.29, 0.717) is 23.3 Å². The Hall–Kier alpha value is -3.94. The first-order chi connectivity index (χ1) is 18.9. The molecule has 1 N–H and O–H groups in total. The van der Waals surface area contributed by atoms with Crippen LogP contribution in [0.4, 0.5) is 0 Å². The average molecular weight is 573 g/mol. The molecule has 1 aliphatic carbocycles. The van der Waals surface area contributed by atoms with Gasteiger partial charge >= 0.3 is 23.9 Å². The van der Waals surface area contributed by atoms with Gasteiger partial charge in [0.2, 0.25) is 0 Å². The van der Waals surface area contributed by atoms with E-state index in [1.807, 2.05) is 51.1 Å². The maximum absolute atomic E-state index is 11.1. The molecule has 1 aliphatic rings. The van der Waals surface area contributed by atoms with Gasteiger partial charge in [0, 0.05) is 22.3 Å². The lowest BCUT2D eigenvalue weighted by Crippen LogP contribution is -2.23. The van der Waals surface area contributed by atoms with Crippen LogP contribution in [0.2, 0.25) is 0 Å². The maximum atomic E-state index is 11.1. The van der Waals surface area contributed by atoms with Crippen LogP contribution in [0.5, 0.6) is 0 Å². The molecule has 0 heterocycles. The molecule has 0 spiro atoms.